The molecule has 2 unspecified atom stereocenters. The number of rotatable bonds is 7. The SMILES string of the molecule is CCC(c1ccccc1)C(POC(=O)C(F)(F)F)(c1ccccc1)c1ccccc1. The molecule has 0 heterocycles. The summed E-state index contributed by atoms with van der Waals surface area (Å²) in [4.78, 5) is 11.7. The summed E-state index contributed by atoms with van der Waals surface area (Å²) in [7, 11) is -0.755. The molecule has 0 aliphatic rings. The average Bonchev–Trinajstić information content (AvgIpc) is 2.77. The van der Waals surface area contributed by atoms with Crippen molar-refractivity contribution < 1.29 is 22.5 Å². The first kappa shape index (κ1) is 22.0. The van der Waals surface area contributed by atoms with Crippen LogP contribution in [0, 0.1) is 0 Å². The van der Waals surface area contributed by atoms with Gasteiger partial charge < -0.3 is 4.52 Å². The van der Waals surface area contributed by atoms with Crippen molar-refractivity contribution in [2.24, 2.45) is 0 Å². The van der Waals surface area contributed by atoms with Crippen LogP contribution < -0.4 is 0 Å². The first-order valence-corrected chi connectivity index (χ1v) is 10.5. The lowest BCUT2D eigenvalue weighted by molar-refractivity contribution is -0.188. The van der Waals surface area contributed by atoms with Crippen LogP contribution in [0.4, 0.5) is 13.2 Å². The molecule has 30 heavy (non-hydrogen) atoms. The van der Waals surface area contributed by atoms with Crippen LogP contribution in [0.5, 0.6) is 0 Å². The Hall–Kier alpha value is -2.65. The van der Waals surface area contributed by atoms with Gasteiger partial charge in [-0.15, -0.1) is 0 Å². The summed E-state index contributed by atoms with van der Waals surface area (Å²) in [6.07, 6.45) is -4.40. The Bertz CT molecular complexity index is 905. The highest BCUT2D eigenvalue weighted by molar-refractivity contribution is 7.35. The molecule has 0 saturated heterocycles. The quantitative estimate of drug-likeness (QED) is 0.384. The van der Waals surface area contributed by atoms with Crippen molar-refractivity contribution in [3.8, 4) is 0 Å². The standard InChI is InChI=1S/C24H22F3O2P/c1-2-21(18-12-6-3-7-13-18)23(19-14-8-4-9-15-19,20-16-10-5-11-17-20)30-29-22(28)24(25,26)27/h3-17,21,30H,2H2,1H3. The molecule has 0 saturated carbocycles. The van der Waals surface area contributed by atoms with Crippen LogP contribution in [0.25, 0.3) is 0 Å². The monoisotopic (exact) mass is 430 g/mol. The van der Waals surface area contributed by atoms with Gasteiger partial charge in [0.15, 0.2) is 0 Å². The highest BCUT2D eigenvalue weighted by Crippen LogP contribution is 2.58. The summed E-state index contributed by atoms with van der Waals surface area (Å²) < 4.78 is 43.8. The largest absolute Gasteiger partial charge is 0.491 e. The first-order chi connectivity index (χ1) is 14.4. The van der Waals surface area contributed by atoms with E-state index < -0.39 is 26.1 Å². The van der Waals surface area contributed by atoms with E-state index in [-0.39, 0.29) is 5.92 Å². The fourth-order valence-corrected chi connectivity index (χ4v) is 5.27. The van der Waals surface area contributed by atoms with E-state index in [4.69, 9.17) is 4.52 Å². The zero-order chi connectivity index (χ0) is 21.6. The number of hydrogen-bond acceptors (Lipinski definition) is 2. The van der Waals surface area contributed by atoms with E-state index in [2.05, 4.69) is 0 Å². The lowest BCUT2D eigenvalue weighted by atomic mass is 9.75. The number of hydrogen-bond donors (Lipinski definition) is 0. The van der Waals surface area contributed by atoms with Gasteiger partial charge in [0.05, 0.1) is 14.0 Å². The van der Waals surface area contributed by atoms with Crippen LogP contribution in [0.15, 0.2) is 91.0 Å². The van der Waals surface area contributed by atoms with Crippen LogP contribution in [-0.2, 0) is 14.5 Å². The molecule has 2 nitrogen and oxygen atoms in total. The van der Waals surface area contributed by atoms with Crippen LogP contribution in [0.1, 0.15) is 36.0 Å². The van der Waals surface area contributed by atoms with Crippen molar-refractivity contribution in [3.05, 3.63) is 108 Å². The summed E-state index contributed by atoms with van der Waals surface area (Å²) in [6.45, 7) is 1.99. The Morgan fingerprint density at radius 1 is 0.833 bits per heavy atom. The summed E-state index contributed by atoms with van der Waals surface area (Å²) in [6, 6.07) is 28.3. The van der Waals surface area contributed by atoms with E-state index in [0.717, 1.165) is 16.7 Å². The van der Waals surface area contributed by atoms with Gasteiger partial charge in [-0.2, -0.15) is 13.2 Å². The molecule has 0 aliphatic carbocycles. The van der Waals surface area contributed by atoms with Crippen molar-refractivity contribution in [2.45, 2.75) is 30.6 Å². The third kappa shape index (κ3) is 4.57. The van der Waals surface area contributed by atoms with Crippen LogP contribution >= 0.6 is 8.81 Å². The number of carbonyl (C=O) groups is 1. The van der Waals surface area contributed by atoms with E-state index in [1.165, 1.54) is 0 Å². The van der Waals surface area contributed by atoms with E-state index in [0.29, 0.717) is 6.42 Å². The molecule has 0 aliphatic heterocycles. The third-order valence-electron chi connectivity index (χ3n) is 5.13. The second-order valence-electron chi connectivity index (χ2n) is 6.90. The van der Waals surface area contributed by atoms with Gasteiger partial charge in [0.2, 0.25) is 0 Å². The smallest absolute Gasteiger partial charge is 0.440 e. The Kier molecular flexibility index (Phi) is 6.94. The number of halogens is 3. The zero-order valence-corrected chi connectivity index (χ0v) is 17.4. The predicted molar refractivity (Wildman–Crippen MR) is 114 cm³/mol. The fraction of sp³-hybridized carbons (Fsp3) is 0.208. The molecule has 0 aromatic heterocycles. The predicted octanol–water partition coefficient (Wildman–Crippen LogP) is 6.82. The van der Waals surface area contributed by atoms with E-state index in [9.17, 15) is 18.0 Å². The van der Waals surface area contributed by atoms with Gasteiger partial charge >= 0.3 is 12.1 Å². The van der Waals surface area contributed by atoms with Crippen molar-refractivity contribution in [3.63, 3.8) is 0 Å². The van der Waals surface area contributed by atoms with Crippen LogP contribution in [0.3, 0.4) is 0 Å². The van der Waals surface area contributed by atoms with Gasteiger partial charge in [-0.25, -0.2) is 4.79 Å². The maximum atomic E-state index is 13.0. The van der Waals surface area contributed by atoms with Crippen molar-refractivity contribution in [1.82, 2.24) is 0 Å². The Morgan fingerprint density at radius 2 is 1.27 bits per heavy atom. The Labute approximate surface area is 176 Å². The van der Waals surface area contributed by atoms with Crippen LogP contribution in [0.2, 0.25) is 0 Å². The van der Waals surface area contributed by atoms with Gasteiger partial charge in [0.25, 0.3) is 0 Å². The number of carbonyl (C=O) groups excluding carboxylic acids is 1. The topological polar surface area (TPSA) is 26.3 Å². The molecule has 0 radical (unpaired) electrons. The van der Waals surface area contributed by atoms with E-state index in [1.807, 2.05) is 97.9 Å². The Morgan fingerprint density at radius 3 is 1.67 bits per heavy atom. The molecule has 6 heteroatoms. The third-order valence-corrected chi connectivity index (χ3v) is 6.66. The molecule has 0 spiro atoms. The normalized spacial score (nSPS) is 13.3. The highest BCUT2D eigenvalue weighted by Gasteiger charge is 2.47. The minimum absolute atomic E-state index is 0.206. The lowest BCUT2D eigenvalue weighted by Crippen LogP contribution is -2.33. The second-order valence-corrected chi connectivity index (χ2v) is 8.10. The molecule has 0 N–H and O–H groups in total. The molecule has 2 atom stereocenters. The summed E-state index contributed by atoms with van der Waals surface area (Å²) in [5.74, 6) is -2.37. The molecule has 3 aromatic carbocycles. The summed E-state index contributed by atoms with van der Waals surface area (Å²) >= 11 is 0. The number of benzene rings is 3. The molecular weight excluding hydrogens is 408 g/mol. The van der Waals surface area contributed by atoms with Crippen molar-refractivity contribution in [1.29, 1.82) is 0 Å². The minimum Gasteiger partial charge on any atom is -0.440 e. The van der Waals surface area contributed by atoms with Crippen molar-refractivity contribution in [2.75, 3.05) is 0 Å². The molecule has 0 amide bonds. The summed E-state index contributed by atoms with van der Waals surface area (Å²) in [5, 5.41) is -0.959. The molecule has 3 rings (SSSR count). The van der Waals surface area contributed by atoms with Gasteiger partial charge in [-0.1, -0.05) is 97.9 Å². The van der Waals surface area contributed by atoms with Gasteiger partial charge in [0, 0.05) is 5.92 Å². The molecular formula is C24H22F3O2P. The van der Waals surface area contributed by atoms with E-state index >= 15 is 0 Å². The Balaban J connectivity index is 2.22. The van der Waals surface area contributed by atoms with Gasteiger partial charge in [-0.05, 0) is 23.1 Å². The maximum absolute atomic E-state index is 13.0. The highest BCUT2D eigenvalue weighted by atomic mass is 31.1. The molecule has 156 valence electrons. The second kappa shape index (κ2) is 9.44. The van der Waals surface area contributed by atoms with Gasteiger partial charge in [0.1, 0.15) is 0 Å². The first-order valence-electron chi connectivity index (χ1n) is 9.60. The number of alkyl halides is 3. The molecule has 3 aromatic rings. The average molecular weight is 430 g/mol. The minimum atomic E-state index is -5.04. The molecule has 0 bridgehead atoms. The van der Waals surface area contributed by atoms with Gasteiger partial charge in [-0.3, -0.25) is 0 Å². The zero-order valence-electron chi connectivity index (χ0n) is 16.4. The lowest BCUT2D eigenvalue weighted by Gasteiger charge is -2.41. The van der Waals surface area contributed by atoms with E-state index in [1.54, 1.807) is 0 Å². The van der Waals surface area contributed by atoms with Crippen LogP contribution in [-0.4, -0.2) is 12.1 Å². The maximum Gasteiger partial charge on any atom is 0.491 e. The summed E-state index contributed by atoms with van der Waals surface area (Å²) in [5.41, 5.74) is 2.59. The fourth-order valence-electron chi connectivity index (χ4n) is 3.82. The van der Waals surface area contributed by atoms with Crippen molar-refractivity contribution >= 4 is 14.8 Å². The molecule has 0 fully saturated rings.